The zero-order valence-corrected chi connectivity index (χ0v) is 24.2. The van der Waals surface area contributed by atoms with Gasteiger partial charge in [0.25, 0.3) is 0 Å². The molecule has 1 amide bonds. The second-order valence-electron chi connectivity index (χ2n) is 11.5. The van der Waals surface area contributed by atoms with E-state index >= 15 is 0 Å². The van der Waals surface area contributed by atoms with E-state index in [-0.39, 0.29) is 35.0 Å². The summed E-state index contributed by atoms with van der Waals surface area (Å²) in [6.07, 6.45) is 0.940. The number of likely N-dealkylation sites (tertiary alicyclic amines) is 1. The molecule has 38 heavy (non-hydrogen) atoms. The Kier molecular flexibility index (Phi) is 8.12. The van der Waals surface area contributed by atoms with Crippen molar-refractivity contribution in [3.63, 3.8) is 0 Å². The fourth-order valence-corrected chi connectivity index (χ4v) is 5.95. The van der Waals surface area contributed by atoms with Gasteiger partial charge in [0.05, 0.1) is 16.2 Å². The topological polar surface area (TPSA) is 85.2 Å². The summed E-state index contributed by atoms with van der Waals surface area (Å²) in [5.74, 6) is 2.33. The zero-order valence-electron chi connectivity index (χ0n) is 23.4. The highest BCUT2D eigenvalue weighted by atomic mass is 32.2. The summed E-state index contributed by atoms with van der Waals surface area (Å²) < 4.78 is 26.3. The first kappa shape index (κ1) is 28.0. The van der Waals surface area contributed by atoms with Gasteiger partial charge >= 0.3 is 0 Å². The van der Waals surface area contributed by atoms with Crippen LogP contribution in [-0.2, 0) is 26.6 Å². The molecule has 3 aromatic rings. The van der Waals surface area contributed by atoms with Gasteiger partial charge in [-0.25, -0.2) is 18.1 Å². The third-order valence-electron chi connectivity index (χ3n) is 7.32. The number of aromatic nitrogens is 3. The molecule has 7 nitrogen and oxygen atoms in total. The standard InChI is InChI=1S/C30H40N4O3S/c1-7-38(36,37)24-16-13-22(14-17-24)15-18-27(35)33-19-25(23-11-9-8-10-12-23)26(20-33)29-31-28(21(2)3)32-34(29)30(4,5)6/h8-14,16-17,21,25-26H,7,15,18-20H2,1-6H3. The van der Waals surface area contributed by atoms with Crippen molar-refractivity contribution in [2.45, 2.75) is 82.6 Å². The van der Waals surface area contributed by atoms with Crippen LogP contribution in [0.15, 0.2) is 59.5 Å². The van der Waals surface area contributed by atoms with Gasteiger partial charge in [0, 0.05) is 37.3 Å². The van der Waals surface area contributed by atoms with Gasteiger partial charge in [-0.3, -0.25) is 4.79 Å². The van der Waals surface area contributed by atoms with Crippen LogP contribution < -0.4 is 0 Å². The molecular weight excluding hydrogens is 496 g/mol. The molecule has 1 aliphatic rings. The maximum atomic E-state index is 13.4. The molecule has 1 aromatic heterocycles. The first-order valence-electron chi connectivity index (χ1n) is 13.5. The van der Waals surface area contributed by atoms with E-state index in [1.54, 1.807) is 19.1 Å². The summed E-state index contributed by atoms with van der Waals surface area (Å²) in [5.41, 5.74) is 1.93. The van der Waals surface area contributed by atoms with Gasteiger partial charge in [-0.1, -0.05) is 63.2 Å². The van der Waals surface area contributed by atoms with Crippen molar-refractivity contribution in [1.29, 1.82) is 0 Å². The minimum Gasteiger partial charge on any atom is -0.341 e. The van der Waals surface area contributed by atoms with Gasteiger partial charge in [-0.05, 0) is 50.5 Å². The van der Waals surface area contributed by atoms with Crippen molar-refractivity contribution in [2.24, 2.45) is 0 Å². The van der Waals surface area contributed by atoms with Gasteiger partial charge in [-0.2, -0.15) is 5.10 Å². The molecule has 0 radical (unpaired) electrons. The molecule has 0 N–H and O–H groups in total. The highest BCUT2D eigenvalue weighted by molar-refractivity contribution is 7.91. The number of carbonyl (C=O) groups is 1. The molecule has 204 valence electrons. The Balaban J connectivity index is 1.56. The maximum Gasteiger partial charge on any atom is 0.222 e. The van der Waals surface area contributed by atoms with Crippen molar-refractivity contribution in [3.05, 3.63) is 77.4 Å². The predicted octanol–water partition coefficient (Wildman–Crippen LogP) is 5.29. The zero-order chi connectivity index (χ0) is 27.7. The quantitative estimate of drug-likeness (QED) is 0.390. The van der Waals surface area contributed by atoms with Crippen molar-refractivity contribution in [1.82, 2.24) is 19.7 Å². The van der Waals surface area contributed by atoms with Crippen molar-refractivity contribution >= 4 is 15.7 Å². The molecule has 0 spiro atoms. The molecule has 0 saturated carbocycles. The van der Waals surface area contributed by atoms with Gasteiger partial charge in [-0.15, -0.1) is 0 Å². The molecule has 8 heteroatoms. The molecule has 1 fully saturated rings. The summed E-state index contributed by atoms with van der Waals surface area (Å²) in [4.78, 5) is 20.7. The molecule has 2 atom stereocenters. The second-order valence-corrected chi connectivity index (χ2v) is 13.8. The Morgan fingerprint density at radius 3 is 2.21 bits per heavy atom. The number of amides is 1. The van der Waals surface area contributed by atoms with E-state index in [1.165, 1.54) is 5.56 Å². The molecule has 1 aliphatic heterocycles. The summed E-state index contributed by atoms with van der Waals surface area (Å²) in [7, 11) is -3.23. The van der Waals surface area contributed by atoms with Gasteiger partial charge in [0.15, 0.2) is 15.7 Å². The molecule has 2 heterocycles. The molecule has 2 aromatic carbocycles. The number of aryl methyl sites for hydroxylation is 1. The second kappa shape index (κ2) is 11.0. The Labute approximate surface area is 227 Å². The number of hydrogen-bond acceptors (Lipinski definition) is 5. The summed E-state index contributed by atoms with van der Waals surface area (Å²) in [6.45, 7) is 13.5. The maximum absolute atomic E-state index is 13.4. The van der Waals surface area contributed by atoms with Crippen LogP contribution >= 0.6 is 0 Å². The Morgan fingerprint density at radius 1 is 1.00 bits per heavy atom. The van der Waals surface area contributed by atoms with E-state index in [1.807, 2.05) is 35.2 Å². The van der Waals surface area contributed by atoms with E-state index in [2.05, 4.69) is 51.4 Å². The Bertz CT molecular complexity index is 1360. The molecule has 0 aliphatic carbocycles. The van der Waals surface area contributed by atoms with Crippen molar-refractivity contribution in [3.8, 4) is 0 Å². The van der Waals surface area contributed by atoms with E-state index < -0.39 is 9.84 Å². The van der Waals surface area contributed by atoms with E-state index in [0.717, 1.165) is 17.2 Å². The Hall–Kier alpha value is -3.00. The largest absolute Gasteiger partial charge is 0.341 e. The number of rotatable bonds is 8. The van der Waals surface area contributed by atoms with Crippen LogP contribution in [0.5, 0.6) is 0 Å². The fraction of sp³-hybridized carbons (Fsp3) is 0.500. The third-order valence-corrected chi connectivity index (χ3v) is 9.07. The van der Waals surface area contributed by atoms with Crippen LogP contribution in [0.2, 0.25) is 0 Å². The minimum absolute atomic E-state index is 0.0408. The SMILES string of the molecule is CCS(=O)(=O)c1ccc(CCC(=O)N2CC(c3ccccc3)C(c3nc(C(C)C)nn3C(C)(C)C)C2)cc1. The average Bonchev–Trinajstić information content (AvgIpc) is 3.53. The number of nitrogens with zero attached hydrogens (tertiary/aromatic N) is 4. The first-order valence-corrected chi connectivity index (χ1v) is 15.2. The van der Waals surface area contributed by atoms with Crippen molar-refractivity contribution in [2.75, 3.05) is 18.8 Å². The first-order chi connectivity index (χ1) is 17.9. The highest BCUT2D eigenvalue weighted by Crippen LogP contribution is 2.40. The lowest BCUT2D eigenvalue weighted by atomic mass is 9.88. The lowest BCUT2D eigenvalue weighted by Gasteiger charge is -2.25. The summed E-state index contributed by atoms with van der Waals surface area (Å²) >= 11 is 0. The lowest BCUT2D eigenvalue weighted by molar-refractivity contribution is -0.130. The van der Waals surface area contributed by atoms with Crippen LogP contribution in [0.3, 0.4) is 0 Å². The Morgan fingerprint density at radius 2 is 1.63 bits per heavy atom. The number of hydrogen-bond donors (Lipinski definition) is 0. The normalized spacial score (nSPS) is 18.3. The molecule has 2 unspecified atom stereocenters. The van der Waals surface area contributed by atoms with Crippen LogP contribution in [0, 0.1) is 0 Å². The van der Waals surface area contributed by atoms with Gasteiger partial charge < -0.3 is 4.90 Å². The molecule has 0 bridgehead atoms. The molecule has 4 rings (SSSR count). The minimum atomic E-state index is -3.23. The van der Waals surface area contributed by atoms with Crippen LogP contribution in [0.25, 0.3) is 0 Å². The highest BCUT2D eigenvalue weighted by Gasteiger charge is 2.41. The summed E-state index contributed by atoms with van der Waals surface area (Å²) in [6, 6.07) is 17.3. The third kappa shape index (κ3) is 6.01. The summed E-state index contributed by atoms with van der Waals surface area (Å²) in [5, 5.41) is 4.89. The number of carbonyl (C=O) groups excluding carboxylic acids is 1. The fourth-order valence-electron chi connectivity index (χ4n) is 5.07. The van der Waals surface area contributed by atoms with E-state index in [9.17, 15) is 13.2 Å². The van der Waals surface area contributed by atoms with Crippen LogP contribution in [0.4, 0.5) is 0 Å². The van der Waals surface area contributed by atoms with Gasteiger partial charge in [0.1, 0.15) is 5.82 Å². The molecular formula is C30H40N4O3S. The van der Waals surface area contributed by atoms with E-state index in [0.29, 0.717) is 30.8 Å². The number of benzene rings is 2. The lowest BCUT2D eigenvalue weighted by Crippen LogP contribution is -2.30. The van der Waals surface area contributed by atoms with Gasteiger partial charge in [0.2, 0.25) is 5.91 Å². The monoisotopic (exact) mass is 536 g/mol. The average molecular weight is 537 g/mol. The van der Waals surface area contributed by atoms with E-state index in [4.69, 9.17) is 10.1 Å². The van der Waals surface area contributed by atoms with Crippen LogP contribution in [0.1, 0.15) is 88.5 Å². The van der Waals surface area contributed by atoms with Crippen LogP contribution in [-0.4, -0.2) is 52.8 Å². The number of sulfone groups is 1. The molecule has 1 saturated heterocycles. The smallest absolute Gasteiger partial charge is 0.222 e. The van der Waals surface area contributed by atoms with Crippen molar-refractivity contribution < 1.29 is 13.2 Å². The predicted molar refractivity (Wildman–Crippen MR) is 150 cm³/mol.